The molecule has 23 heavy (non-hydrogen) atoms. The second kappa shape index (κ2) is 7.11. The van der Waals surface area contributed by atoms with Gasteiger partial charge >= 0.3 is 5.97 Å². The van der Waals surface area contributed by atoms with E-state index in [0.29, 0.717) is 12.8 Å². The number of hydrogen-bond acceptors (Lipinski definition) is 3. The molecule has 0 radical (unpaired) electrons. The van der Waals surface area contributed by atoms with Gasteiger partial charge in [-0.2, -0.15) is 0 Å². The summed E-state index contributed by atoms with van der Waals surface area (Å²) in [5.74, 6) is -0.938. The molecule has 0 amide bonds. The maximum Gasteiger partial charge on any atom is 0.306 e. The average Bonchev–Trinajstić information content (AvgIpc) is 2.58. The van der Waals surface area contributed by atoms with Gasteiger partial charge in [-0.3, -0.25) is 14.7 Å². The zero-order valence-corrected chi connectivity index (χ0v) is 13.5. The summed E-state index contributed by atoms with van der Waals surface area (Å²) in [6.07, 6.45) is 4.94. The van der Waals surface area contributed by atoms with Gasteiger partial charge in [-0.25, -0.2) is 0 Å². The Morgan fingerprint density at radius 2 is 1.96 bits per heavy atom. The van der Waals surface area contributed by atoms with Crippen molar-refractivity contribution in [2.45, 2.75) is 18.9 Å². The molecule has 1 N–H and O–H groups in total. The second-order valence-corrected chi connectivity index (χ2v) is 6.27. The van der Waals surface area contributed by atoms with Gasteiger partial charge in [0.2, 0.25) is 0 Å². The normalized spacial score (nSPS) is 17.8. The molecule has 1 unspecified atom stereocenters. The van der Waals surface area contributed by atoms with Crippen LogP contribution in [-0.2, 0) is 4.79 Å². The molecule has 4 nitrogen and oxygen atoms in total. The number of carboxylic acids is 1. The fourth-order valence-corrected chi connectivity index (χ4v) is 3.47. The molecule has 1 aliphatic heterocycles. The summed E-state index contributed by atoms with van der Waals surface area (Å²) >= 11 is 6.43. The smallest absolute Gasteiger partial charge is 0.306 e. The summed E-state index contributed by atoms with van der Waals surface area (Å²) in [7, 11) is 0. The van der Waals surface area contributed by atoms with Crippen LogP contribution in [0.15, 0.2) is 48.8 Å². The highest BCUT2D eigenvalue weighted by Crippen LogP contribution is 2.35. The number of aliphatic carboxylic acids is 1. The monoisotopic (exact) mass is 330 g/mol. The number of rotatable bonds is 4. The number of aromatic nitrogens is 1. The SMILES string of the molecule is O=C(O)C1CCN(C(c2cccnc2)c2ccccc2Cl)CC1. The summed E-state index contributed by atoms with van der Waals surface area (Å²) in [4.78, 5) is 17.7. The molecule has 2 heterocycles. The molecule has 2 aromatic rings. The van der Waals surface area contributed by atoms with Crippen molar-refractivity contribution < 1.29 is 9.90 Å². The van der Waals surface area contributed by atoms with Crippen LogP contribution in [0.1, 0.15) is 30.0 Å². The molecule has 1 saturated heterocycles. The lowest BCUT2D eigenvalue weighted by atomic mass is 9.92. The molecular formula is C18H19ClN2O2. The van der Waals surface area contributed by atoms with E-state index in [0.717, 1.165) is 29.2 Å². The van der Waals surface area contributed by atoms with E-state index >= 15 is 0 Å². The Labute approximate surface area is 140 Å². The van der Waals surface area contributed by atoms with E-state index in [4.69, 9.17) is 11.6 Å². The quantitative estimate of drug-likeness (QED) is 0.930. The molecule has 0 bridgehead atoms. The van der Waals surface area contributed by atoms with Crippen molar-refractivity contribution in [1.29, 1.82) is 0 Å². The van der Waals surface area contributed by atoms with Crippen molar-refractivity contribution in [3.63, 3.8) is 0 Å². The molecule has 1 aromatic carbocycles. The third kappa shape index (κ3) is 3.54. The first-order chi connectivity index (χ1) is 11.2. The van der Waals surface area contributed by atoms with Gasteiger partial charge in [0.15, 0.2) is 0 Å². The van der Waals surface area contributed by atoms with Crippen LogP contribution in [0.3, 0.4) is 0 Å². The summed E-state index contributed by atoms with van der Waals surface area (Å²) < 4.78 is 0. The highest BCUT2D eigenvalue weighted by molar-refractivity contribution is 6.31. The van der Waals surface area contributed by atoms with Gasteiger partial charge in [0.05, 0.1) is 12.0 Å². The van der Waals surface area contributed by atoms with Crippen molar-refractivity contribution in [1.82, 2.24) is 9.88 Å². The van der Waals surface area contributed by atoms with Crippen molar-refractivity contribution in [2.24, 2.45) is 5.92 Å². The van der Waals surface area contributed by atoms with Gasteiger partial charge in [0.1, 0.15) is 0 Å². The summed E-state index contributed by atoms with van der Waals surface area (Å²) in [6, 6.07) is 11.8. The molecule has 0 aliphatic carbocycles. The van der Waals surface area contributed by atoms with Gasteiger partial charge in [0, 0.05) is 17.4 Å². The van der Waals surface area contributed by atoms with Crippen LogP contribution in [0.4, 0.5) is 0 Å². The molecule has 1 aliphatic rings. The third-order valence-corrected chi connectivity index (χ3v) is 4.79. The lowest BCUT2D eigenvalue weighted by molar-refractivity contribution is -0.143. The topological polar surface area (TPSA) is 53.4 Å². The zero-order valence-electron chi connectivity index (χ0n) is 12.7. The van der Waals surface area contributed by atoms with Crippen molar-refractivity contribution in [3.8, 4) is 0 Å². The molecule has 1 aromatic heterocycles. The van der Waals surface area contributed by atoms with Crippen LogP contribution in [-0.4, -0.2) is 34.0 Å². The number of pyridine rings is 1. The maximum atomic E-state index is 11.2. The zero-order chi connectivity index (χ0) is 16.2. The lowest BCUT2D eigenvalue weighted by Gasteiger charge is -2.37. The minimum absolute atomic E-state index is 0.00662. The Balaban J connectivity index is 1.91. The Morgan fingerprint density at radius 3 is 2.57 bits per heavy atom. The highest BCUT2D eigenvalue weighted by Gasteiger charge is 2.31. The van der Waals surface area contributed by atoms with Crippen LogP contribution in [0.5, 0.6) is 0 Å². The molecule has 0 spiro atoms. The van der Waals surface area contributed by atoms with E-state index in [1.807, 2.05) is 42.6 Å². The first-order valence-electron chi connectivity index (χ1n) is 7.78. The van der Waals surface area contributed by atoms with Crippen LogP contribution in [0.25, 0.3) is 0 Å². The second-order valence-electron chi connectivity index (χ2n) is 5.86. The molecule has 5 heteroatoms. The molecule has 1 fully saturated rings. The van der Waals surface area contributed by atoms with Gasteiger partial charge in [0.25, 0.3) is 0 Å². The van der Waals surface area contributed by atoms with E-state index in [1.165, 1.54) is 0 Å². The minimum Gasteiger partial charge on any atom is -0.481 e. The first kappa shape index (κ1) is 16.0. The Bertz CT molecular complexity index is 670. The lowest BCUT2D eigenvalue weighted by Crippen LogP contribution is -2.39. The number of likely N-dealkylation sites (tertiary alicyclic amines) is 1. The van der Waals surface area contributed by atoms with E-state index in [1.54, 1.807) is 6.20 Å². The Kier molecular flexibility index (Phi) is 4.94. The number of nitrogens with zero attached hydrogens (tertiary/aromatic N) is 2. The van der Waals surface area contributed by atoms with E-state index in [2.05, 4.69) is 9.88 Å². The highest BCUT2D eigenvalue weighted by atomic mass is 35.5. The van der Waals surface area contributed by atoms with Crippen molar-refractivity contribution in [3.05, 3.63) is 64.9 Å². The van der Waals surface area contributed by atoms with Gasteiger partial charge < -0.3 is 5.11 Å². The predicted octanol–water partition coefficient (Wildman–Crippen LogP) is 3.62. The minimum atomic E-state index is -0.694. The molecule has 1 atom stereocenters. The average molecular weight is 331 g/mol. The molecule has 3 rings (SSSR count). The summed E-state index contributed by atoms with van der Waals surface area (Å²) in [5.41, 5.74) is 2.12. The Hall–Kier alpha value is -1.91. The summed E-state index contributed by atoms with van der Waals surface area (Å²) in [5, 5.41) is 9.92. The van der Waals surface area contributed by atoms with Gasteiger partial charge in [-0.05, 0) is 49.2 Å². The summed E-state index contributed by atoms with van der Waals surface area (Å²) in [6.45, 7) is 1.48. The van der Waals surface area contributed by atoms with Gasteiger partial charge in [-0.15, -0.1) is 0 Å². The van der Waals surface area contributed by atoms with E-state index in [9.17, 15) is 9.90 Å². The fraction of sp³-hybridized carbons (Fsp3) is 0.333. The number of hydrogen-bond donors (Lipinski definition) is 1. The van der Waals surface area contributed by atoms with Crippen LogP contribution in [0, 0.1) is 5.92 Å². The third-order valence-electron chi connectivity index (χ3n) is 4.44. The Morgan fingerprint density at radius 1 is 1.22 bits per heavy atom. The molecule has 0 saturated carbocycles. The van der Waals surface area contributed by atoms with Gasteiger partial charge in [-0.1, -0.05) is 35.9 Å². The van der Waals surface area contributed by atoms with Crippen molar-refractivity contribution >= 4 is 17.6 Å². The predicted molar refractivity (Wildman–Crippen MR) is 89.5 cm³/mol. The number of benzene rings is 1. The number of halogens is 1. The van der Waals surface area contributed by atoms with Crippen LogP contribution >= 0.6 is 11.6 Å². The molecule has 120 valence electrons. The maximum absolute atomic E-state index is 11.2. The van der Waals surface area contributed by atoms with E-state index < -0.39 is 5.97 Å². The molecular weight excluding hydrogens is 312 g/mol. The van der Waals surface area contributed by atoms with Crippen LogP contribution < -0.4 is 0 Å². The standard InChI is InChI=1S/C18H19ClN2O2/c19-16-6-2-1-5-15(16)17(14-4-3-9-20-12-14)21-10-7-13(8-11-21)18(22)23/h1-6,9,12-13,17H,7-8,10-11H2,(H,22,23). The van der Waals surface area contributed by atoms with E-state index in [-0.39, 0.29) is 12.0 Å². The number of carbonyl (C=O) groups is 1. The fourth-order valence-electron chi connectivity index (χ4n) is 3.23. The first-order valence-corrected chi connectivity index (χ1v) is 8.16. The van der Waals surface area contributed by atoms with Crippen molar-refractivity contribution in [2.75, 3.05) is 13.1 Å². The number of piperidine rings is 1. The number of carboxylic acid groups (broad SMARTS) is 1. The van der Waals surface area contributed by atoms with Crippen LogP contribution in [0.2, 0.25) is 5.02 Å². The largest absolute Gasteiger partial charge is 0.481 e.